The van der Waals surface area contributed by atoms with E-state index in [1.807, 2.05) is 28.8 Å². The molecule has 0 unspecified atom stereocenters. The van der Waals surface area contributed by atoms with E-state index in [0.29, 0.717) is 5.69 Å². The maximum Gasteiger partial charge on any atom is 0.244 e. The van der Waals surface area contributed by atoms with Crippen LogP contribution in [0.3, 0.4) is 0 Å². The van der Waals surface area contributed by atoms with E-state index in [-0.39, 0.29) is 12.5 Å². The zero-order valence-corrected chi connectivity index (χ0v) is 13.9. The van der Waals surface area contributed by atoms with Crippen molar-refractivity contribution in [2.45, 2.75) is 25.8 Å². The van der Waals surface area contributed by atoms with Crippen LogP contribution in [-0.2, 0) is 11.3 Å². The smallest absolute Gasteiger partial charge is 0.244 e. The number of hydrogen-bond donors (Lipinski definition) is 1. The third-order valence-electron chi connectivity index (χ3n) is 4.40. The molecule has 0 radical (unpaired) electrons. The summed E-state index contributed by atoms with van der Waals surface area (Å²) in [5.74, 6) is 0.607. The van der Waals surface area contributed by atoms with E-state index < -0.39 is 0 Å². The molecule has 1 aliphatic heterocycles. The molecule has 1 N–H and O–H groups in total. The zero-order chi connectivity index (χ0) is 17.1. The minimum Gasteiger partial charge on any atom is -0.341 e. The minimum atomic E-state index is -0.127. The predicted octanol–water partition coefficient (Wildman–Crippen LogP) is 2.46. The number of aromatic nitrogens is 4. The van der Waals surface area contributed by atoms with E-state index in [2.05, 4.69) is 25.2 Å². The number of para-hydroxylation sites is 2. The fraction of sp³-hybridized carbons (Fsp3) is 0.333. The van der Waals surface area contributed by atoms with E-state index >= 15 is 0 Å². The van der Waals surface area contributed by atoms with Crippen LogP contribution in [0.1, 0.15) is 19.3 Å². The summed E-state index contributed by atoms with van der Waals surface area (Å²) >= 11 is 0. The molecular weight excluding hydrogens is 316 g/mol. The molecule has 4 rings (SSSR count). The topological polar surface area (TPSA) is 75.9 Å². The number of nitrogens with zero attached hydrogens (tertiary/aromatic N) is 5. The maximum atomic E-state index is 12.3. The monoisotopic (exact) mass is 336 g/mol. The van der Waals surface area contributed by atoms with E-state index in [9.17, 15) is 4.79 Å². The number of hydrogen-bond acceptors (Lipinski definition) is 5. The van der Waals surface area contributed by atoms with Crippen molar-refractivity contribution < 1.29 is 4.79 Å². The number of amides is 1. The van der Waals surface area contributed by atoms with Crippen LogP contribution in [0.2, 0.25) is 0 Å². The Morgan fingerprint density at radius 3 is 2.60 bits per heavy atom. The molecule has 3 heterocycles. The van der Waals surface area contributed by atoms with Crippen molar-refractivity contribution >= 4 is 28.6 Å². The molecule has 1 aromatic carbocycles. The van der Waals surface area contributed by atoms with Gasteiger partial charge in [0.15, 0.2) is 0 Å². The summed E-state index contributed by atoms with van der Waals surface area (Å²) < 4.78 is 1.83. The number of carbonyl (C=O) groups excluding carboxylic acids is 1. The molecule has 25 heavy (non-hydrogen) atoms. The highest BCUT2D eigenvalue weighted by molar-refractivity contribution is 5.91. The molecule has 1 amide bonds. The first-order valence-electron chi connectivity index (χ1n) is 8.56. The number of rotatable bonds is 4. The van der Waals surface area contributed by atoms with Crippen LogP contribution in [0.4, 0.5) is 11.6 Å². The number of carbonyl (C=O) groups is 1. The lowest BCUT2D eigenvalue weighted by atomic mass is 10.1. The van der Waals surface area contributed by atoms with Gasteiger partial charge in [-0.2, -0.15) is 0 Å². The Hall–Kier alpha value is -2.96. The van der Waals surface area contributed by atoms with Crippen LogP contribution in [0, 0.1) is 0 Å². The molecule has 1 saturated heterocycles. The molecule has 1 fully saturated rings. The summed E-state index contributed by atoms with van der Waals surface area (Å²) in [5.41, 5.74) is 2.43. The molecule has 128 valence electrons. The lowest BCUT2D eigenvalue weighted by Gasteiger charge is -2.26. The molecule has 0 aliphatic carbocycles. The van der Waals surface area contributed by atoms with Gasteiger partial charge in [0.25, 0.3) is 0 Å². The summed E-state index contributed by atoms with van der Waals surface area (Å²) in [6.07, 6.45) is 8.65. The summed E-state index contributed by atoms with van der Waals surface area (Å²) in [6, 6.07) is 7.75. The maximum absolute atomic E-state index is 12.3. The molecule has 0 spiro atoms. The number of piperidine rings is 1. The highest BCUT2D eigenvalue weighted by Gasteiger charge is 2.13. The van der Waals surface area contributed by atoms with E-state index in [0.717, 1.165) is 30.1 Å². The number of fused-ring (bicyclic) bond motifs is 1. The van der Waals surface area contributed by atoms with Crippen LogP contribution in [0.5, 0.6) is 0 Å². The average Bonchev–Trinajstić information content (AvgIpc) is 3.06. The van der Waals surface area contributed by atoms with Gasteiger partial charge < -0.3 is 14.8 Å². The van der Waals surface area contributed by atoms with Crippen molar-refractivity contribution in [2.75, 3.05) is 23.3 Å². The molecular formula is C18H20N6O. The van der Waals surface area contributed by atoms with E-state index in [1.165, 1.54) is 19.3 Å². The predicted molar refractivity (Wildman–Crippen MR) is 96.5 cm³/mol. The second kappa shape index (κ2) is 6.88. The first-order valence-corrected chi connectivity index (χ1v) is 8.56. The largest absolute Gasteiger partial charge is 0.341 e. The normalized spacial score (nSPS) is 14.6. The summed E-state index contributed by atoms with van der Waals surface area (Å²) in [4.78, 5) is 27.5. The fourth-order valence-corrected chi connectivity index (χ4v) is 3.13. The van der Waals surface area contributed by atoms with Crippen molar-refractivity contribution in [3.8, 4) is 0 Å². The summed E-state index contributed by atoms with van der Waals surface area (Å²) in [5, 5.41) is 2.84. The van der Waals surface area contributed by atoms with Crippen LogP contribution in [0.25, 0.3) is 11.0 Å². The molecule has 0 saturated carbocycles. The van der Waals surface area contributed by atoms with E-state index in [4.69, 9.17) is 0 Å². The van der Waals surface area contributed by atoms with Crippen LogP contribution in [0.15, 0.2) is 43.0 Å². The van der Waals surface area contributed by atoms with Gasteiger partial charge in [-0.1, -0.05) is 12.1 Å². The summed E-state index contributed by atoms with van der Waals surface area (Å²) in [7, 11) is 0. The van der Waals surface area contributed by atoms with Gasteiger partial charge in [0.05, 0.1) is 35.4 Å². The molecule has 7 heteroatoms. The molecule has 0 atom stereocenters. The van der Waals surface area contributed by atoms with Crippen molar-refractivity contribution in [1.82, 2.24) is 19.5 Å². The number of imidazole rings is 1. The SMILES string of the molecule is O=C(Cn1cnc2ccccc21)Nc1cnc(N2CCCCC2)nc1. The van der Waals surface area contributed by atoms with Crippen LogP contribution >= 0.6 is 0 Å². The number of benzene rings is 1. The van der Waals surface area contributed by atoms with Crippen molar-refractivity contribution in [1.29, 1.82) is 0 Å². The minimum absolute atomic E-state index is 0.127. The zero-order valence-electron chi connectivity index (χ0n) is 13.9. The molecule has 3 aromatic rings. The Morgan fingerprint density at radius 2 is 1.80 bits per heavy atom. The number of nitrogens with one attached hydrogen (secondary N) is 1. The average molecular weight is 336 g/mol. The Kier molecular flexibility index (Phi) is 4.28. The Morgan fingerprint density at radius 1 is 1.04 bits per heavy atom. The van der Waals surface area contributed by atoms with Crippen molar-refractivity contribution in [2.24, 2.45) is 0 Å². The van der Waals surface area contributed by atoms with Crippen LogP contribution in [-0.4, -0.2) is 38.5 Å². The Balaban J connectivity index is 1.40. The van der Waals surface area contributed by atoms with Gasteiger partial charge in [-0.15, -0.1) is 0 Å². The summed E-state index contributed by atoms with van der Waals surface area (Å²) in [6.45, 7) is 2.20. The third-order valence-corrected chi connectivity index (χ3v) is 4.40. The van der Waals surface area contributed by atoms with Gasteiger partial charge in [0.1, 0.15) is 6.54 Å². The number of anilines is 2. The Labute approximate surface area is 145 Å². The van der Waals surface area contributed by atoms with Gasteiger partial charge >= 0.3 is 0 Å². The molecule has 7 nitrogen and oxygen atoms in total. The first-order chi connectivity index (χ1) is 12.3. The highest BCUT2D eigenvalue weighted by atomic mass is 16.1. The lowest BCUT2D eigenvalue weighted by Crippen LogP contribution is -2.31. The third kappa shape index (κ3) is 3.45. The second-order valence-electron chi connectivity index (χ2n) is 6.23. The van der Waals surface area contributed by atoms with Gasteiger partial charge in [-0.25, -0.2) is 15.0 Å². The van der Waals surface area contributed by atoms with Gasteiger partial charge in [0, 0.05) is 13.1 Å². The first kappa shape index (κ1) is 15.6. The molecule has 1 aliphatic rings. The second-order valence-corrected chi connectivity index (χ2v) is 6.23. The highest BCUT2D eigenvalue weighted by Crippen LogP contribution is 2.16. The molecule has 0 bridgehead atoms. The van der Waals surface area contributed by atoms with Gasteiger partial charge in [-0.05, 0) is 31.4 Å². The fourth-order valence-electron chi connectivity index (χ4n) is 3.13. The lowest BCUT2D eigenvalue weighted by molar-refractivity contribution is -0.116. The van der Waals surface area contributed by atoms with Gasteiger partial charge in [0.2, 0.25) is 11.9 Å². The van der Waals surface area contributed by atoms with Gasteiger partial charge in [-0.3, -0.25) is 4.79 Å². The van der Waals surface area contributed by atoms with E-state index in [1.54, 1.807) is 18.7 Å². The van der Waals surface area contributed by atoms with Crippen molar-refractivity contribution in [3.05, 3.63) is 43.0 Å². The molecule has 2 aromatic heterocycles. The van der Waals surface area contributed by atoms with Crippen LogP contribution < -0.4 is 10.2 Å². The quantitative estimate of drug-likeness (QED) is 0.792. The standard InChI is InChI=1S/C18H20N6O/c25-17(12-24-13-21-15-6-2-3-7-16(15)24)22-14-10-19-18(20-11-14)23-8-4-1-5-9-23/h2-3,6-7,10-11,13H,1,4-5,8-9,12H2,(H,22,25). The van der Waals surface area contributed by atoms with Crippen molar-refractivity contribution in [3.63, 3.8) is 0 Å². The Bertz CT molecular complexity index is 867.